The molecule has 5 heteroatoms. The third kappa shape index (κ3) is 2.37. The molecule has 1 aliphatic heterocycles. The predicted octanol–water partition coefficient (Wildman–Crippen LogP) is 1.96. The van der Waals surface area contributed by atoms with Gasteiger partial charge in [0.25, 0.3) is 0 Å². The van der Waals surface area contributed by atoms with Crippen molar-refractivity contribution in [2.24, 2.45) is 5.84 Å². The summed E-state index contributed by atoms with van der Waals surface area (Å²) < 4.78 is 10.5. The maximum atomic E-state index is 5.61. The molecule has 3 N–H and O–H groups in total. The summed E-state index contributed by atoms with van der Waals surface area (Å²) in [6.07, 6.45) is 3.89. The Morgan fingerprint density at radius 1 is 1.62 bits per heavy atom. The van der Waals surface area contributed by atoms with Crippen LogP contribution in [-0.2, 0) is 4.74 Å². The highest BCUT2D eigenvalue weighted by Gasteiger charge is 2.19. The molecule has 1 atom stereocenters. The van der Waals surface area contributed by atoms with E-state index in [2.05, 4.69) is 5.43 Å². The van der Waals surface area contributed by atoms with Gasteiger partial charge in [0.2, 0.25) is 0 Å². The summed E-state index contributed by atoms with van der Waals surface area (Å²) in [5, 5.41) is 1.98. The van der Waals surface area contributed by atoms with E-state index in [4.69, 9.17) is 15.3 Å². The van der Waals surface area contributed by atoms with Gasteiger partial charge in [-0.15, -0.1) is 11.3 Å². The minimum Gasteiger partial charge on any atom is -0.501 e. The van der Waals surface area contributed by atoms with E-state index in [1.165, 1.54) is 5.57 Å². The van der Waals surface area contributed by atoms with E-state index < -0.39 is 0 Å². The number of nitrogens with one attached hydrogen (secondary N) is 1. The van der Waals surface area contributed by atoms with E-state index in [1.807, 2.05) is 17.7 Å². The van der Waals surface area contributed by atoms with Crippen LogP contribution >= 0.6 is 11.3 Å². The van der Waals surface area contributed by atoms with Crippen molar-refractivity contribution in [1.82, 2.24) is 5.43 Å². The van der Waals surface area contributed by atoms with E-state index in [9.17, 15) is 0 Å². The molecule has 0 aromatic carbocycles. The van der Waals surface area contributed by atoms with Crippen LogP contribution in [0.1, 0.15) is 23.8 Å². The molecular formula is C11H16N2O2S. The number of hydrogen-bond acceptors (Lipinski definition) is 5. The van der Waals surface area contributed by atoms with Crippen molar-refractivity contribution < 1.29 is 9.47 Å². The van der Waals surface area contributed by atoms with Gasteiger partial charge in [0, 0.05) is 10.3 Å². The van der Waals surface area contributed by atoms with Crippen LogP contribution in [0, 0.1) is 0 Å². The summed E-state index contributed by atoms with van der Waals surface area (Å²) in [4.78, 5) is 1.15. The summed E-state index contributed by atoms with van der Waals surface area (Å²) in [5.74, 6) is 6.48. The molecule has 88 valence electrons. The second kappa shape index (κ2) is 5.34. The highest BCUT2D eigenvalue weighted by Crippen LogP contribution is 2.33. The van der Waals surface area contributed by atoms with Gasteiger partial charge in [-0.2, -0.15) is 0 Å². The topological polar surface area (TPSA) is 56.5 Å². The maximum Gasteiger partial charge on any atom is 0.129 e. The van der Waals surface area contributed by atoms with Gasteiger partial charge in [-0.05, 0) is 24.5 Å². The number of ether oxygens (including phenoxy) is 2. The molecule has 0 saturated carbocycles. The largest absolute Gasteiger partial charge is 0.501 e. The summed E-state index contributed by atoms with van der Waals surface area (Å²) in [5.41, 5.74) is 4.02. The first kappa shape index (κ1) is 11.4. The molecular weight excluding hydrogens is 224 g/mol. The third-order valence-corrected chi connectivity index (χ3v) is 3.59. The predicted molar refractivity (Wildman–Crippen MR) is 64.2 cm³/mol. The van der Waals surface area contributed by atoms with Gasteiger partial charge >= 0.3 is 0 Å². The molecule has 4 nitrogen and oxygen atoms in total. The van der Waals surface area contributed by atoms with Crippen LogP contribution < -0.4 is 16.0 Å². The molecule has 2 rings (SSSR count). The Kier molecular flexibility index (Phi) is 3.82. The fourth-order valence-electron chi connectivity index (χ4n) is 1.76. The lowest BCUT2D eigenvalue weighted by atomic mass is 10.0. The molecule has 0 spiro atoms. The molecule has 0 fully saturated rings. The average Bonchev–Trinajstić information content (AvgIpc) is 2.80. The highest BCUT2D eigenvalue weighted by molar-refractivity contribution is 7.10. The van der Waals surface area contributed by atoms with Crippen molar-refractivity contribution in [2.45, 2.75) is 18.9 Å². The monoisotopic (exact) mass is 240 g/mol. The van der Waals surface area contributed by atoms with Crippen LogP contribution in [-0.4, -0.2) is 13.7 Å². The lowest BCUT2D eigenvalue weighted by Crippen LogP contribution is -2.29. The van der Waals surface area contributed by atoms with Crippen LogP contribution in [0.25, 0.3) is 0 Å². The first-order valence-electron chi connectivity index (χ1n) is 5.24. The number of methoxy groups -OCH3 is 1. The van der Waals surface area contributed by atoms with Crippen LogP contribution in [0.2, 0.25) is 0 Å². The smallest absolute Gasteiger partial charge is 0.129 e. The van der Waals surface area contributed by atoms with Crippen molar-refractivity contribution in [1.29, 1.82) is 0 Å². The van der Waals surface area contributed by atoms with Crippen molar-refractivity contribution >= 4 is 11.3 Å². The molecule has 0 amide bonds. The van der Waals surface area contributed by atoms with Gasteiger partial charge in [-0.1, -0.05) is 0 Å². The highest BCUT2D eigenvalue weighted by atomic mass is 32.1. The summed E-state index contributed by atoms with van der Waals surface area (Å²) >= 11 is 1.64. The molecule has 1 aromatic heterocycles. The second-order valence-corrected chi connectivity index (χ2v) is 4.60. The Morgan fingerprint density at radius 2 is 2.50 bits per heavy atom. The number of nitrogens with two attached hydrogens (primary N) is 1. The van der Waals surface area contributed by atoms with Gasteiger partial charge in [-0.25, -0.2) is 5.43 Å². The van der Waals surface area contributed by atoms with E-state index in [1.54, 1.807) is 18.4 Å². The van der Waals surface area contributed by atoms with Crippen LogP contribution in [0.5, 0.6) is 5.75 Å². The van der Waals surface area contributed by atoms with Crippen molar-refractivity contribution in [3.8, 4) is 5.75 Å². The van der Waals surface area contributed by atoms with E-state index in [0.717, 1.165) is 30.1 Å². The summed E-state index contributed by atoms with van der Waals surface area (Å²) in [7, 11) is 1.67. The second-order valence-electron chi connectivity index (χ2n) is 3.66. The molecule has 0 saturated heterocycles. The zero-order chi connectivity index (χ0) is 11.4. The van der Waals surface area contributed by atoms with Crippen LogP contribution in [0.15, 0.2) is 23.3 Å². The van der Waals surface area contributed by atoms with Crippen molar-refractivity contribution in [3.63, 3.8) is 0 Å². The normalized spacial score (nSPS) is 17.5. The quantitative estimate of drug-likeness (QED) is 0.624. The molecule has 1 aliphatic rings. The number of thiophene rings is 1. The maximum absolute atomic E-state index is 5.61. The Morgan fingerprint density at radius 3 is 3.06 bits per heavy atom. The molecule has 0 radical (unpaired) electrons. The van der Waals surface area contributed by atoms with Crippen molar-refractivity contribution in [3.05, 3.63) is 28.2 Å². The minimum absolute atomic E-state index is 0.0363. The Bertz CT molecular complexity index is 376. The van der Waals surface area contributed by atoms with Gasteiger partial charge in [0.1, 0.15) is 5.75 Å². The number of rotatable bonds is 4. The zero-order valence-electron chi connectivity index (χ0n) is 9.23. The standard InChI is InChI=1S/C11H16N2O2S/c1-14-9-5-10(16-7-9)11(13-12)8-3-2-4-15-6-8/h5-7,11,13H,2-4,12H2,1H3. The SMILES string of the molecule is COc1csc(C(NN)C2=COCCC2)c1. The third-order valence-electron chi connectivity index (χ3n) is 2.62. The lowest BCUT2D eigenvalue weighted by molar-refractivity contribution is 0.219. The number of hydrazine groups is 1. The molecule has 1 unspecified atom stereocenters. The van der Waals surface area contributed by atoms with E-state index in [0.29, 0.717) is 0 Å². The Labute approximate surface area is 99.0 Å². The first-order chi connectivity index (χ1) is 7.85. The van der Waals surface area contributed by atoms with Crippen LogP contribution in [0.4, 0.5) is 0 Å². The molecule has 1 aromatic rings. The Hall–Kier alpha value is -1.04. The van der Waals surface area contributed by atoms with Gasteiger partial charge in [0.15, 0.2) is 0 Å². The molecule has 2 heterocycles. The zero-order valence-corrected chi connectivity index (χ0v) is 10.0. The Balaban J connectivity index is 2.17. The fourth-order valence-corrected chi connectivity index (χ4v) is 2.72. The molecule has 16 heavy (non-hydrogen) atoms. The number of hydrogen-bond donors (Lipinski definition) is 2. The van der Waals surface area contributed by atoms with Crippen molar-refractivity contribution in [2.75, 3.05) is 13.7 Å². The average molecular weight is 240 g/mol. The fraction of sp³-hybridized carbons (Fsp3) is 0.455. The van der Waals surface area contributed by atoms with Gasteiger partial charge in [0.05, 0.1) is 26.0 Å². The lowest BCUT2D eigenvalue weighted by Gasteiger charge is -2.21. The van der Waals surface area contributed by atoms with Gasteiger partial charge in [-0.3, -0.25) is 5.84 Å². The van der Waals surface area contributed by atoms with E-state index >= 15 is 0 Å². The summed E-state index contributed by atoms with van der Waals surface area (Å²) in [6.45, 7) is 0.800. The van der Waals surface area contributed by atoms with Crippen LogP contribution in [0.3, 0.4) is 0 Å². The molecule has 0 aliphatic carbocycles. The van der Waals surface area contributed by atoms with Gasteiger partial charge < -0.3 is 9.47 Å². The minimum atomic E-state index is 0.0363. The van der Waals surface area contributed by atoms with E-state index in [-0.39, 0.29) is 6.04 Å². The molecule has 0 bridgehead atoms. The summed E-state index contributed by atoms with van der Waals surface area (Å²) in [6, 6.07) is 2.04. The first-order valence-corrected chi connectivity index (χ1v) is 6.12.